The van der Waals surface area contributed by atoms with Gasteiger partial charge in [-0.25, -0.2) is 4.39 Å². The van der Waals surface area contributed by atoms with Crippen LogP contribution in [0.5, 0.6) is 0 Å². The van der Waals surface area contributed by atoms with Gasteiger partial charge in [0.25, 0.3) is 5.91 Å². The molecule has 35 heavy (non-hydrogen) atoms. The molecule has 0 aliphatic carbocycles. The van der Waals surface area contributed by atoms with E-state index in [4.69, 9.17) is 28.6 Å². The van der Waals surface area contributed by atoms with Gasteiger partial charge >= 0.3 is 0 Å². The SMILES string of the molecule is CCn1ncc(NC(=S)Nc2c(C)nn(Cc3c(F)cccc3Cl)c2C)c1C(=O)N1CCOCC1. The fraction of sp³-hybridized carbons (Fsp3) is 0.391. The fourth-order valence-corrected chi connectivity index (χ4v) is 4.43. The summed E-state index contributed by atoms with van der Waals surface area (Å²) in [4.78, 5) is 14.9. The Kier molecular flexibility index (Phi) is 7.68. The molecule has 3 aromatic rings. The molecule has 9 nitrogen and oxygen atoms in total. The molecule has 3 heterocycles. The summed E-state index contributed by atoms with van der Waals surface area (Å²) < 4.78 is 23.0. The molecule has 1 fully saturated rings. The first-order chi connectivity index (χ1) is 16.8. The smallest absolute Gasteiger partial charge is 0.274 e. The summed E-state index contributed by atoms with van der Waals surface area (Å²) in [5.74, 6) is -0.512. The number of carbonyl (C=O) groups excluding carboxylic acids is 1. The van der Waals surface area contributed by atoms with Gasteiger partial charge in [-0.05, 0) is 45.1 Å². The molecule has 0 unspecified atom stereocenters. The molecule has 0 spiro atoms. The molecule has 1 saturated heterocycles. The predicted octanol–water partition coefficient (Wildman–Crippen LogP) is 3.84. The Morgan fingerprint density at radius 1 is 1.23 bits per heavy atom. The molecule has 0 bridgehead atoms. The van der Waals surface area contributed by atoms with E-state index < -0.39 is 0 Å². The Hall–Kier alpha value is -3.02. The van der Waals surface area contributed by atoms with Crippen molar-refractivity contribution in [2.45, 2.75) is 33.9 Å². The van der Waals surface area contributed by atoms with Crippen LogP contribution in [-0.2, 0) is 17.8 Å². The summed E-state index contributed by atoms with van der Waals surface area (Å²) >= 11 is 11.7. The molecule has 0 atom stereocenters. The van der Waals surface area contributed by atoms with Gasteiger partial charge in [-0.3, -0.25) is 14.2 Å². The van der Waals surface area contributed by atoms with Crippen molar-refractivity contribution >= 4 is 46.2 Å². The fourth-order valence-electron chi connectivity index (χ4n) is 3.99. The van der Waals surface area contributed by atoms with Gasteiger partial charge in [0, 0.05) is 30.2 Å². The van der Waals surface area contributed by atoms with Crippen molar-refractivity contribution in [1.82, 2.24) is 24.5 Å². The molecular weight excluding hydrogens is 493 g/mol. The van der Waals surface area contributed by atoms with Crippen LogP contribution in [-0.4, -0.2) is 61.8 Å². The lowest BCUT2D eigenvalue weighted by molar-refractivity contribution is 0.0295. The number of aryl methyl sites for hydroxylation is 2. The minimum absolute atomic E-state index is 0.125. The number of thiocarbonyl (C=S) groups is 1. The molecule has 186 valence electrons. The molecule has 2 N–H and O–H groups in total. The summed E-state index contributed by atoms with van der Waals surface area (Å²) in [6.07, 6.45) is 1.59. The number of amides is 1. The minimum Gasteiger partial charge on any atom is -0.378 e. The number of nitrogens with one attached hydrogen (secondary N) is 2. The topological polar surface area (TPSA) is 89.2 Å². The highest BCUT2D eigenvalue weighted by Gasteiger charge is 2.26. The average Bonchev–Trinajstić information content (AvgIpc) is 3.36. The van der Waals surface area contributed by atoms with Crippen LogP contribution in [0.25, 0.3) is 0 Å². The van der Waals surface area contributed by atoms with Crippen molar-refractivity contribution in [3.05, 3.63) is 57.9 Å². The Bertz CT molecular complexity index is 1230. The van der Waals surface area contributed by atoms with Crippen LogP contribution in [0, 0.1) is 19.7 Å². The minimum atomic E-state index is -0.387. The van der Waals surface area contributed by atoms with Crippen LogP contribution in [0.3, 0.4) is 0 Å². The standard InChI is InChI=1S/C23H27ClFN7O2S/c1-4-31-21(22(33)30-8-10-34-11-9-30)19(12-26-31)27-23(35)28-20-14(2)29-32(15(20)3)13-16-17(24)6-5-7-18(16)25/h5-7,12H,4,8-11,13H2,1-3H3,(H2,27,28,35). The van der Waals surface area contributed by atoms with E-state index in [1.165, 1.54) is 6.07 Å². The molecule has 1 amide bonds. The maximum atomic E-state index is 14.3. The van der Waals surface area contributed by atoms with Crippen molar-refractivity contribution in [3.63, 3.8) is 0 Å². The van der Waals surface area contributed by atoms with E-state index in [2.05, 4.69) is 20.8 Å². The zero-order chi connectivity index (χ0) is 25.1. The lowest BCUT2D eigenvalue weighted by atomic mass is 10.2. The van der Waals surface area contributed by atoms with Crippen molar-refractivity contribution < 1.29 is 13.9 Å². The quantitative estimate of drug-likeness (QED) is 0.478. The normalized spacial score (nSPS) is 13.7. The van der Waals surface area contributed by atoms with Gasteiger partial charge < -0.3 is 20.3 Å². The monoisotopic (exact) mass is 519 g/mol. The molecule has 0 radical (unpaired) electrons. The molecule has 1 aromatic carbocycles. The van der Waals surface area contributed by atoms with Crippen LogP contribution in [0.1, 0.15) is 34.4 Å². The van der Waals surface area contributed by atoms with Crippen LogP contribution >= 0.6 is 23.8 Å². The highest BCUT2D eigenvalue weighted by atomic mass is 35.5. The summed E-state index contributed by atoms with van der Waals surface area (Å²) in [7, 11) is 0. The number of hydrogen-bond donors (Lipinski definition) is 2. The third kappa shape index (κ3) is 5.31. The van der Waals surface area contributed by atoms with Gasteiger partial charge in [0.15, 0.2) is 5.11 Å². The zero-order valence-corrected chi connectivity index (χ0v) is 21.3. The van der Waals surface area contributed by atoms with Gasteiger partial charge in [0.05, 0.1) is 48.7 Å². The second-order valence-electron chi connectivity index (χ2n) is 8.11. The molecular formula is C23H27ClFN7O2S. The second-order valence-corrected chi connectivity index (χ2v) is 8.93. The van der Waals surface area contributed by atoms with E-state index >= 15 is 0 Å². The van der Waals surface area contributed by atoms with E-state index in [1.807, 2.05) is 20.8 Å². The predicted molar refractivity (Wildman–Crippen MR) is 137 cm³/mol. The largest absolute Gasteiger partial charge is 0.378 e. The van der Waals surface area contributed by atoms with E-state index in [0.29, 0.717) is 66.2 Å². The molecule has 12 heteroatoms. The first-order valence-electron chi connectivity index (χ1n) is 11.3. The maximum Gasteiger partial charge on any atom is 0.274 e. The number of ether oxygens (including phenoxy) is 1. The summed E-state index contributed by atoms with van der Waals surface area (Å²) in [5.41, 5.74) is 3.47. The number of hydrogen-bond acceptors (Lipinski definition) is 5. The van der Waals surface area contributed by atoms with Crippen LogP contribution in [0.2, 0.25) is 5.02 Å². The zero-order valence-electron chi connectivity index (χ0n) is 19.8. The Morgan fingerprint density at radius 3 is 2.66 bits per heavy atom. The first kappa shape index (κ1) is 25.1. The third-order valence-corrected chi connectivity index (χ3v) is 6.44. The maximum absolute atomic E-state index is 14.3. The number of morpholine rings is 1. The van der Waals surface area contributed by atoms with Crippen LogP contribution < -0.4 is 10.6 Å². The Labute approximate surface area is 213 Å². The van der Waals surface area contributed by atoms with Crippen molar-refractivity contribution in [3.8, 4) is 0 Å². The summed E-state index contributed by atoms with van der Waals surface area (Å²) in [6, 6.07) is 4.59. The van der Waals surface area contributed by atoms with Crippen LogP contribution in [0.15, 0.2) is 24.4 Å². The Balaban J connectivity index is 1.52. The average molecular weight is 520 g/mol. The number of benzene rings is 1. The number of carbonyl (C=O) groups is 1. The van der Waals surface area contributed by atoms with Gasteiger partial charge in [-0.1, -0.05) is 17.7 Å². The number of anilines is 2. The van der Waals surface area contributed by atoms with Gasteiger partial charge in [0.2, 0.25) is 0 Å². The highest BCUT2D eigenvalue weighted by Crippen LogP contribution is 2.25. The summed E-state index contributed by atoms with van der Waals surface area (Å²) in [5, 5.41) is 15.8. The molecule has 2 aromatic heterocycles. The molecule has 1 aliphatic rings. The van der Waals surface area contributed by atoms with E-state index in [1.54, 1.807) is 32.6 Å². The number of nitrogens with zero attached hydrogens (tertiary/aromatic N) is 5. The lowest BCUT2D eigenvalue weighted by Gasteiger charge is -2.27. The first-order valence-corrected chi connectivity index (χ1v) is 12.1. The number of aromatic nitrogens is 4. The number of rotatable bonds is 6. The lowest BCUT2D eigenvalue weighted by Crippen LogP contribution is -2.41. The van der Waals surface area contributed by atoms with Crippen molar-refractivity contribution in [2.24, 2.45) is 0 Å². The molecule has 4 rings (SSSR count). The van der Waals surface area contributed by atoms with Gasteiger partial charge in [0.1, 0.15) is 11.5 Å². The van der Waals surface area contributed by atoms with Crippen molar-refractivity contribution in [2.75, 3.05) is 36.9 Å². The Morgan fingerprint density at radius 2 is 1.97 bits per heavy atom. The third-order valence-electron chi connectivity index (χ3n) is 5.88. The second kappa shape index (κ2) is 10.7. The summed E-state index contributed by atoms with van der Waals surface area (Å²) in [6.45, 7) is 8.41. The molecule has 0 saturated carbocycles. The van der Waals surface area contributed by atoms with Gasteiger partial charge in [-0.2, -0.15) is 10.2 Å². The van der Waals surface area contributed by atoms with E-state index in [9.17, 15) is 9.18 Å². The van der Waals surface area contributed by atoms with Gasteiger partial charge in [-0.15, -0.1) is 0 Å². The van der Waals surface area contributed by atoms with Crippen molar-refractivity contribution in [1.29, 1.82) is 0 Å². The molecule has 1 aliphatic heterocycles. The van der Waals surface area contributed by atoms with E-state index in [0.717, 1.165) is 5.69 Å². The highest BCUT2D eigenvalue weighted by molar-refractivity contribution is 7.80. The van der Waals surface area contributed by atoms with E-state index in [-0.39, 0.29) is 23.4 Å². The number of halogens is 2. The van der Waals surface area contributed by atoms with Crippen LogP contribution in [0.4, 0.5) is 15.8 Å².